The Bertz CT molecular complexity index is 1310. The van der Waals surface area contributed by atoms with Crippen molar-refractivity contribution >= 4 is 47.2 Å². The molecule has 0 aromatic heterocycles. The van der Waals surface area contributed by atoms with E-state index < -0.39 is 17.8 Å². The van der Waals surface area contributed by atoms with Crippen LogP contribution in [-0.4, -0.2) is 44.3 Å². The molecule has 0 atom stereocenters. The van der Waals surface area contributed by atoms with Crippen LogP contribution in [0.15, 0.2) is 65.8 Å². The average molecular weight is 544 g/mol. The zero-order valence-corrected chi connectivity index (χ0v) is 21.4. The first-order chi connectivity index (χ1) is 17.8. The van der Waals surface area contributed by atoms with E-state index >= 15 is 0 Å². The third-order valence-corrected chi connectivity index (χ3v) is 5.52. The fourth-order valence-electron chi connectivity index (χ4n) is 2.98. The molecule has 2 amide bonds. The lowest BCUT2D eigenvalue weighted by atomic mass is 10.2. The number of hydrogen-bond acceptors (Lipinski definition) is 7. The van der Waals surface area contributed by atoms with E-state index in [1.54, 1.807) is 42.5 Å². The molecule has 0 radical (unpaired) electrons. The van der Waals surface area contributed by atoms with Crippen LogP contribution in [0.4, 0.5) is 0 Å². The number of nitrogens with one attached hydrogen (secondary N) is 2. The van der Waals surface area contributed by atoms with E-state index in [2.05, 4.69) is 15.8 Å². The van der Waals surface area contributed by atoms with Gasteiger partial charge in [-0.15, -0.1) is 0 Å². The highest BCUT2D eigenvalue weighted by molar-refractivity contribution is 6.42. The minimum absolute atomic E-state index is 0.215. The van der Waals surface area contributed by atoms with E-state index in [-0.39, 0.29) is 22.9 Å². The molecule has 11 heteroatoms. The van der Waals surface area contributed by atoms with E-state index in [4.69, 9.17) is 37.4 Å². The van der Waals surface area contributed by atoms with E-state index in [1.807, 2.05) is 6.92 Å². The van der Waals surface area contributed by atoms with Crippen LogP contribution in [-0.2, 0) is 4.79 Å². The third-order valence-electron chi connectivity index (χ3n) is 4.79. The Hall–Kier alpha value is -4.08. The first-order valence-corrected chi connectivity index (χ1v) is 11.7. The van der Waals surface area contributed by atoms with Crippen LogP contribution in [0.5, 0.6) is 17.2 Å². The summed E-state index contributed by atoms with van der Waals surface area (Å²) in [6.45, 7) is 2.09. The normalized spacial score (nSPS) is 10.6. The van der Waals surface area contributed by atoms with Crippen LogP contribution in [0.25, 0.3) is 0 Å². The first-order valence-electron chi connectivity index (χ1n) is 11.0. The van der Waals surface area contributed by atoms with Gasteiger partial charge in [0, 0.05) is 5.56 Å². The van der Waals surface area contributed by atoms with Crippen molar-refractivity contribution in [3.05, 3.63) is 87.4 Å². The maximum absolute atomic E-state index is 12.5. The largest absolute Gasteiger partial charge is 0.494 e. The van der Waals surface area contributed by atoms with Crippen molar-refractivity contribution < 1.29 is 28.6 Å². The molecule has 3 aromatic rings. The third kappa shape index (κ3) is 7.96. The van der Waals surface area contributed by atoms with E-state index in [0.29, 0.717) is 34.3 Å². The predicted octanol–water partition coefficient (Wildman–Crippen LogP) is 4.50. The summed E-state index contributed by atoms with van der Waals surface area (Å²) in [5.41, 5.74) is 3.49. The van der Waals surface area contributed by atoms with Gasteiger partial charge in [-0.05, 0) is 73.2 Å². The number of halogens is 2. The van der Waals surface area contributed by atoms with Crippen molar-refractivity contribution in [1.29, 1.82) is 0 Å². The molecule has 0 saturated carbocycles. The summed E-state index contributed by atoms with van der Waals surface area (Å²) in [6.07, 6.45) is 1.37. The summed E-state index contributed by atoms with van der Waals surface area (Å²) in [7, 11) is 1.43. The van der Waals surface area contributed by atoms with Crippen molar-refractivity contribution in [3.8, 4) is 17.2 Å². The van der Waals surface area contributed by atoms with Crippen LogP contribution in [0.2, 0.25) is 10.0 Å². The Morgan fingerprint density at radius 2 is 1.65 bits per heavy atom. The number of rotatable bonds is 10. The van der Waals surface area contributed by atoms with Crippen LogP contribution in [0, 0.1) is 0 Å². The lowest BCUT2D eigenvalue weighted by molar-refractivity contribution is -0.120. The number of hydrazone groups is 1. The summed E-state index contributed by atoms with van der Waals surface area (Å²) in [4.78, 5) is 36.6. The number of methoxy groups -OCH3 is 1. The molecule has 0 bridgehead atoms. The van der Waals surface area contributed by atoms with Crippen LogP contribution in [0.1, 0.15) is 33.2 Å². The standard InChI is InChI=1S/C26H23Cl2N3O6/c1-3-36-19-8-5-17(6-9-19)26(34)37-22-11-4-16(12-23(22)35-2)14-30-31-24(32)15-29-25(33)18-7-10-20(27)21(28)13-18/h4-14H,3,15H2,1-2H3,(H,29,33)(H,31,32)/b30-14-. The molecule has 3 aromatic carbocycles. The second kappa shape index (κ2) is 13.3. The van der Waals surface area contributed by atoms with Crippen LogP contribution in [0.3, 0.4) is 0 Å². The van der Waals surface area contributed by atoms with Gasteiger partial charge in [-0.1, -0.05) is 23.2 Å². The second-order valence-electron chi connectivity index (χ2n) is 7.36. The number of benzene rings is 3. The number of ether oxygens (including phenoxy) is 3. The summed E-state index contributed by atoms with van der Waals surface area (Å²) in [5.74, 6) is -0.425. The molecular formula is C26H23Cl2N3O6. The highest BCUT2D eigenvalue weighted by Crippen LogP contribution is 2.28. The molecule has 3 rings (SSSR count). The fourth-order valence-corrected chi connectivity index (χ4v) is 3.28. The van der Waals surface area contributed by atoms with Gasteiger partial charge in [-0.3, -0.25) is 9.59 Å². The number of nitrogens with zero attached hydrogens (tertiary/aromatic N) is 1. The zero-order valence-electron chi connectivity index (χ0n) is 19.9. The van der Waals surface area contributed by atoms with Crippen LogP contribution >= 0.6 is 23.2 Å². The molecule has 37 heavy (non-hydrogen) atoms. The van der Waals surface area contributed by atoms with Gasteiger partial charge in [0.25, 0.3) is 11.8 Å². The van der Waals surface area contributed by atoms with Gasteiger partial charge in [0.2, 0.25) is 0 Å². The summed E-state index contributed by atoms with van der Waals surface area (Å²) >= 11 is 11.7. The van der Waals surface area contributed by atoms with Crippen LogP contribution < -0.4 is 25.0 Å². The Labute approximate surface area is 223 Å². The van der Waals surface area contributed by atoms with Crippen molar-refractivity contribution in [1.82, 2.24) is 10.7 Å². The Balaban J connectivity index is 1.53. The molecule has 192 valence electrons. The maximum atomic E-state index is 12.5. The van der Waals surface area contributed by atoms with Crippen molar-refractivity contribution in [3.63, 3.8) is 0 Å². The maximum Gasteiger partial charge on any atom is 0.343 e. The molecule has 0 aliphatic carbocycles. The topological polar surface area (TPSA) is 115 Å². The van der Waals surface area contributed by atoms with Crippen molar-refractivity contribution in [2.75, 3.05) is 20.3 Å². The summed E-state index contributed by atoms with van der Waals surface area (Å²) < 4.78 is 16.1. The molecular weight excluding hydrogens is 521 g/mol. The molecule has 9 nitrogen and oxygen atoms in total. The van der Waals surface area contributed by atoms with Gasteiger partial charge in [0.1, 0.15) is 5.75 Å². The first kappa shape index (κ1) is 27.5. The molecule has 0 saturated heterocycles. The Morgan fingerprint density at radius 3 is 2.32 bits per heavy atom. The summed E-state index contributed by atoms with van der Waals surface area (Å²) in [5, 5.41) is 6.88. The Kier molecular flexibility index (Phi) is 9.88. The monoisotopic (exact) mass is 543 g/mol. The van der Waals surface area contributed by atoms with Crippen molar-refractivity contribution in [2.24, 2.45) is 5.10 Å². The summed E-state index contributed by atoms with van der Waals surface area (Å²) in [6, 6.07) is 15.7. The smallest absolute Gasteiger partial charge is 0.343 e. The molecule has 0 unspecified atom stereocenters. The highest BCUT2D eigenvalue weighted by atomic mass is 35.5. The molecule has 0 heterocycles. The molecule has 0 spiro atoms. The lowest BCUT2D eigenvalue weighted by Crippen LogP contribution is -2.34. The fraction of sp³-hybridized carbons (Fsp3) is 0.154. The molecule has 2 N–H and O–H groups in total. The Morgan fingerprint density at radius 1 is 0.919 bits per heavy atom. The van der Waals surface area contributed by atoms with Gasteiger partial charge >= 0.3 is 5.97 Å². The zero-order chi connectivity index (χ0) is 26.8. The van der Waals surface area contributed by atoms with Gasteiger partial charge in [0.05, 0.1) is 42.1 Å². The second-order valence-corrected chi connectivity index (χ2v) is 8.18. The minimum atomic E-state index is -0.557. The number of esters is 1. The average Bonchev–Trinajstić information content (AvgIpc) is 2.90. The van der Waals surface area contributed by atoms with E-state index in [0.717, 1.165) is 0 Å². The molecule has 0 aliphatic heterocycles. The lowest BCUT2D eigenvalue weighted by Gasteiger charge is -2.10. The van der Waals surface area contributed by atoms with Gasteiger partial charge in [-0.25, -0.2) is 10.2 Å². The molecule has 0 fully saturated rings. The number of carbonyl (C=O) groups is 3. The molecule has 0 aliphatic rings. The number of hydrogen-bond donors (Lipinski definition) is 2. The van der Waals surface area contributed by atoms with Crippen molar-refractivity contribution in [2.45, 2.75) is 6.92 Å². The number of amides is 2. The van der Waals surface area contributed by atoms with E-state index in [1.165, 1.54) is 31.5 Å². The van der Waals surface area contributed by atoms with E-state index in [9.17, 15) is 14.4 Å². The highest BCUT2D eigenvalue weighted by Gasteiger charge is 2.13. The minimum Gasteiger partial charge on any atom is -0.494 e. The predicted molar refractivity (Wildman–Crippen MR) is 140 cm³/mol. The SMILES string of the molecule is CCOc1ccc(C(=O)Oc2ccc(/C=N\NC(=O)CNC(=O)c3ccc(Cl)c(Cl)c3)cc2OC)cc1. The van der Waals surface area contributed by atoms with Gasteiger partial charge in [-0.2, -0.15) is 5.10 Å². The quantitative estimate of drug-likeness (QED) is 0.168. The number of carbonyl (C=O) groups excluding carboxylic acids is 3. The van der Waals surface area contributed by atoms with Gasteiger partial charge in [0.15, 0.2) is 11.5 Å². The van der Waals surface area contributed by atoms with Gasteiger partial charge < -0.3 is 19.5 Å².